The van der Waals surface area contributed by atoms with Gasteiger partial charge in [0, 0.05) is 24.5 Å². The van der Waals surface area contributed by atoms with E-state index in [-0.39, 0.29) is 17.3 Å². The highest BCUT2D eigenvalue weighted by molar-refractivity contribution is 8.00. The minimum absolute atomic E-state index is 0.128. The number of carbonyl (C=O) groups excluding carboxylic acids is 1. The number of non-ortho nitro benzene ring substituents is 1. The Morgan fingerprint density at radius 1 is 1.31 bits per heavy atom. The Kier molecular flexibility index (Phi) is 6.18. The van der Waals surface area contributed by atoms with E-state index in [2.05, 4.69) is 10.3 Å². The molecule has 0 spiro atoms. The molecule has 1 atom stereocenters. The van der Waals surface area contributed by atoms with E-state index in [1.807, 2.05) is 42.0 Å². The SMILES string of the molecule is COc1ccc([N+](=O)[O-])cc1NC(=O)C(C)Sc1nccn1-c1ccccc1C. The average molecular weight is 412 g/mol. The summed E-state index contributed by atoms with van der Waals surface area (Å²) in [5, 5.41) is 13.9. The number of imidazole rings is 1. The number of para-hydroxylation sites is 1. The number of anilines is 1. The molecule has 3 rings (SSSR count). The zero-order chi connectivity index (χ0) is 21.0. The number of nitrogens with zero attached hydrogens (tertiary/aromatic N) is 3. The number of ether oxygens (including phenoxy) is 1. The molecule has 0 aliphatic carbocycles. The summed E-state index contributed by atoms with van der Waals surface area (Å²) in [7, 11) is 1.44. The van der Waals surface area contributed by atoms with Gasteiger partial charge in [0.2, 0.25) is 5.91 Å². The van der Waals surface area contributed by atoms with Gasteiger partial charge in [0.25, 0.3) is 5.69 Å². The van der Waals surface area contributed by atoms with Crippen molar-refractivity contribution in [3.63, 3.8) is 0 Å². The van der Waals surface area contributed by atoms with Gasteiger partial charge in [0.05, 0.1) is 28.7 Å². The van der Waals surface area contributed by atoms with Gasteiger partial charge >= 0.3 is 0 Å². The van der Waals surface area contributed by atoms with E-state index in [1.165, 1.54) is 37.1 Å². The fourth-order valence-electron chi connectivity index (χ4n) is 2.75. The molecular formula is C20H20N4O4S. The first kappa shape index (κ1) is 20.4. The first-order chi connectivity index (χ1) is 13.9. The maximum atomic E-state index is 12.7. The van der Waals surface area contributed by atoms with Crippen molar-refractivity contribution >= 4 is 29.0 Å². The third-order valence-corrected chi connectivity index (χ3v) is 5.37. The molecule has 1 aromatic heterocycles. The second-order valence-electron chi connectivity index (χ2n) is 6.26. The molecule has 29 heavy (non-hydrogen) atoms. The maximum absolute atomic E-state index is 12.7. The van der Waals surface area contributed by atoms with Crippen LogP contribution in [0.15, 0.2) is 60.0 Å². The van der Waals surface area contributed by atoms with Gasteiger partial charge < -0.3 is 10.1 Å². The first-order valence-electron chi connectivity index (χ1n) is 8.80. The maximum Gasteiger partial charge on any atom is 0.271 e. The van der Waals surface area contributed by atoms with Crippen molar-refractivity contribution < 1.29 is 14.5 Å². The Morgan fingerprint density at radius 2 is 2.07 bits per heavy atom. The second kappa shape index (κ2) is 8.78. The summed E-state index contributed by atoms with van der Waals surface area (Å²) in [5.74, 6) is 0.0377. The lowest BCUT2D eigenvalue weighted by molar-refractivity contribution is -0.384. The van der Waals surface area contributed by atoms with Gasteiger partial charge in [0.1, 0.15) is 5.75 Å². The lowest BCUT2D eigenvalue weighted by Crippen LogP contribution is -2.23. The number of carbonyl (C=O) groups is 1. The van der Waals surface area contributed by atoms with Gasteiger partial charge in [-0.15, -0.1) is 0 Å². The van der Waals surface area contributed by atoms with Crippen LogP contribution in [0.2, 0.25) is 0 Å². The fourth-order valence-corrected chi connectivity index (χ4v) is 3.62. The van der Waals surface area contributed by atoms with Crippen LogP contribution in [0.4, 0.5) is 11.4 Å². The Hall–Kier alpha value is -3.33. The fraction of sp³-hybridized carbons (Fsp3) is 0.200. The van der Waals surface area contributed by atoms with Crippen molar-refractivity contribution in [3.05, 3.63) is 70.5 Å². The molecule has 1 heterocycles. The standard InChI is InChI=1S/C20H20N4O4S/c1-13-6-4-5-7-17(13)23-11-10-21-20(23)29-14(2)19(25)22-16-12-15(24(26)27)8-9-18(16)28-3/h4-12,14H,1-3H3,(H,22,25). The molecule has 2 aromatic carbocycles. The van der Waals surface area contributed by atoms with Crippen LogP contribution >= 0.6 is 11.8 Å². The summed E-state index contributed by atoms with van der Waals surface area (Å²) in [6, 6.07) is 12.0. The predicted molar refractivity (Wildman–Crippen MR) is 112 cm³/mol. The van der Waals surface area contributed by atoms with E-state index in [9.17, 15) is 14.9 Å². The number of nitro groups is 1. The lowest BCUT2D eigenvalue weighted by atomic mass is 10.2. The molecule has 0 fully saturated rings. The van der Waals surface area contributed by atoms with E-state index < -0.39 is 10.2 Å². The lowest BCUT2D eigenvalue weighted by Gasteiger charge is -2.15. The number of aromatic nitrogens is 2. The Balaban J connectivity index is 1.78. The van der Waals surface area contributed by atoms with Gasteiger partial charge in [-0.05, 0) is 31.5 Å². The van der Waals surface area contributed by atoms with E-state index in [0.717, 1.165) is 11.3 Å². The Morgan fingerprint density at radius 3 is 2.76 bits per heavy atom. The number of benzene rings is 2. The monoisotopic (exact) mass is 412 g/mol. The smallest absolute Gasteiger partial charge is 0.271 e. The molecule has 150 valence electrons. The van der Waals surface area contributed by atoms with Crippen molar-refractivity contribution in [2.45, 2.75) is 24.3 Å². The molecule has 0 saturated heterocycles. The van der Waals surface area contributed by atoms with Crippen molar-refractivity contribution in [3.8, 4) is 11.4 Å². The molecule has 9 heteroatoms. The molecule has 8 nitrogen and oxygen atoms in total. The summed E-state index contributed by atoms with van der Waals surface area (Å²) in [6.45, 7) is 3.76. The van der Waals surface area contributed by atoms with Crippen LogP contribution in [-0.4, -0.2) is 32.7 Å². The van der Waals surface area contributed by atoms with Crippen LogP contribution < -0.4 is 10.1 Å². The normalized spacial score (nSPS) is 11.7. The number of nitro benzene ring substituents is 1. The molecule has 0 aliphatic rings. The van der Waals surface area contributed by atoms with Crippen molar-refractivity contribution in [1.29, 1.82) is 0 Å². The van der Waals surface area contributed by atoms with Crippen LogP contribution in [0.5, 0.6) is 5.75 Å². The van der Waals surface area contributed by atoms with E-state index in [4.69, 9.17) is 4.74 Å². The summed E-state index contributed by atoms with van der Waals surface area (Å²) in [4.78, 5) is 27.6. The topological polar surface area (TPSA) is 99.3 Å². The highest BCUT2D eigenvalue weighted by Crippen LogP contribution is 2.31. The molecule has 0 aliphatic heterocycles. The number of nitrogens with one attached hydrogen (secondary N) is 1. The van der Waals surface area contributed by atoms with E-state index in [1.54, 1.807) is 13.1 Å². The van der Waals surface area contributed by atoms with Crippen molar-refractivity contribution in [2.24, 2.45) is 0 Å². The van der Waals surface area contributed by atoms with Crippen LogP contribution in [0.25, 0.3) is 5.69 Å². The third kappa shape index (κ3) is 4.57. The molecule has 0 saturated carbocycles. The van der Waals surface area contributed by atoms with Gasteiger partial charge in [-0.1, -0.05) is 30.0 Å². The molecule has 1 N–H and O–H groups in total. The highest BCUT2D eigenvalue weighted by Gasteiger charge is 2.21. The number of methoxy groups -OCH3 is 1. The molecule has 1 amide bonds. The van der Waals surface area contributed by atoms with Gasteiger partial charge in [-0.2, -0.15) is 0 Å². The van der Waals surface area contributed by atoms with Crippen molar-refractivity contribution in [2.75, 3.05) is 12.4 Å². The van der Waals surface area contributed by atoms with Crippen LogP contribution in [0.3, 0.4) is 0 Å². The third-order valence-electron chi connectivity index (χ3n) is 4.28. The van der Waals surface area contributed by atoms with Gasteiger partial charge in [-0.25, -0.2) is 4.98 Å². The molecule has 0 bridgehead atoms. The number of aryl methyl sites for hydroxylation is 1. The molecule has 0 radical (unpaired) electrons. The predicted octanol–water partition coefficient (Wildman–Crippen LogP) is 4.22. The molecule has 3 aromatic rings. The molecule has 1 unspecified atom stereocenters. The minimum Gasteiger partial charge on any atom is -0.495 e. The number of amides is 1. The Labute approximate surface area is 172 Å². The number of hydrogen-bond acceptors (Lipinski definition) is 6. The zero-order valence-electron chi connectivity index (χ0n) is 16.2. The summed E-state index contributed by atoms with van der Waals surface area (Å²) < 4.78 is 7.12. The number of hydrogen-bond donors (Lipinski definition) is 1. The van der Waals surface area contributed by atoms with Gasteiger partial charge in [-0.3, -0.25) is 19.5 Å². The highest BCUT2D eigenvalue weighted by atomic mass is 32.2. The number of rotatable bonds is 7. The quantitative estimate of drug-likeness (QED) is 0.354. The first-order valence-corrected chi connectivity index (χ1v) is 9.68. The minimum atomic E-state index is -0.522. The summed E-state index contributed by atoms with van der Waals surface area (Å²) >= 11 is 1.30. The zero-order valence-corrected chi connectivity index (χ0v) is 17.0. The summed E-state index contributed by atoms with van der Waals surface area (Å²) in [6.07, 6.45) is 3.53. The number of thioether (sulfide) groups is 1. The average Bonchev–Trinajstić information content (AvgIpc) is 3.16. The summed E-state index contributed by atoms with van der Waals surface area (Å²) in [5.41, 5.74) is 2.20. The second-order valence-corrected chi connectivity index (χ2v) is 7.57. The molecular weight excluding hydrogens is 392 g/mol. The van der Waals surface area contributed by atoms with Crippen LogP contribution in [0.1, 0.15) is 12.5 Å². The van der Waals surface area contributed by atoms with E-state index in [0.29, 0.717) is 10.9 Å². The van der Waals surface area contributed by atoms with Crippen LogP contribution in [-0.2, 0) is 4.79 Å². The van der Waals surface area contributed by atoms with Gasteiger partial charge in [0.15, 0.2) is 5.16 Å². The Bertz CT molecular complexity index is 1050. The van der Waals surface area contributed by atoms with Crippen LogP contribution in [0, 0.1) is 17.0 Å². The van der Waals surface area contributed by atoms with E-state index >= 15 is 0 Å². The largest absolute Gasteiger partial charge is 0.495 e. The van der Waals surface area contributed by atoms with Crippen molar-refractivity contribution in [1.82, 2.24) is 9.55 Å².